The first-order valence-electron chi connectivity index (χ1n) is 11.5. The number of hydrogen-bond donors (Lipinski definition) is 3. The van der Waals surface area contributed by atoms with E-state index in [0.29, 0.717) is 31.9 Å². The second-order valence-corrected chi connectivity index (χ2v) is 9.28. The van der Waals surface area contributed by atoms with Crippen molar-refractivity contribution in [2.45, 2.75) is 38.2 Å². The van der Waals surface area contributed by atoms with Crippen molar-refractivity contribution >= 4 is 29.1 Å². The molecule has 0 aliphatic carbocycles. The van der Waals surface area contributed by atoms with Gasteiger partial charge in [0.1, 0.15) is 5.15 Å². The summed E-state index contributed by atoms with van der Waals surface area (Å²) in [6.45, 7) is 8.13. The topological polar surface area (TPSA) is 104 Å². The number of carbonyl (C=O) groups excluding carboxylic acids is 2. The van der Waals surface area contributed by atoms with Crippen LogP contribution in [0, 0.1) is 0 Å². The molecule has 9 heteroatoms. The molecule has 2 aromatic rings. The number of nitrogens with one attached hydrogen (secondary N) is 2. The molecule has 1 saturated heterocycles. The Morgan fingerprint density at radius 1 is 1.29 bits per heavy atom. The van der Waals surface area contributed by atoms with E-state index in [1.54, 1.807) is 0 Å². The molecule has 34 heavy (non-hydrogen) atoms. The minimum absolute atomic E-state index is 0.162. The SMILES string of the molecule is CCOCC(O)CN1CC(C(=O)Nc2cnc(Cl)cc2C(=O)NC)(c2ccccc2C(C)C)C1. The van der Waals surface area contributed by atoms with Crippen LogP contribution in [-0.4, -0.2) is 72.8 Å². The van der Waals surface area contributed by atoms with Crippen LogP contribution < -0.4 is 10.6 Å². The highest BCUT2D eigenvalue weighted by Gasteiger charge is 2.52. The minimum atomic E-state index is -0.841. The fourth-order valence-electron chi connectivity index (χ4n) is 4.42. The van der Waals surface area contributed by atoms with Crippen molar-refractivity contribution in [1.82, 2.24) is 15.2 Å². The Bertz CT molecular complexity index is 1020. The minimum Gasteiger partial charge on any atom is -0.389 e. The van der Waals surface area contributed by atoms with Gasteiger partial charge in [0.05, 0.1) is 35.6 Å². The maximum absolute atomic E-state index is 13.8. The number of aliphatic hydroxyl groups excluding tert-OH is 1. The van der Waals surface area contributed by atoms with E-state index in [4.69, 9.17) is 16.3 Å². The zero-order valence-electron chi connectivity index (χ0n) is 20.1. The number of carbonyl (C=O) groups is 2. The van der Waals surface area contributed by atoms with Gasteiger partial charge < -0.3 is 20.5 Å². The van der Waals surface area contributed by atoms with E-state index < -0.39 is 11.5 Å². The number of nitrogens with zero attached hydrogens (tertiary/aromatic N) is 2. The van der Waals surface area contributed by atoms with Gasteiger partial charge in [-0.25, -0.2) is 4.98 Å². The number of benzene rings is 1. The van der Waals surface area contributed by atoms with Crippen LogP contribution in [0.2, 0.25) is 5.15 Å². The van der Waals surface area contributed by atoms with Crippen LogP contribution in [0.15, 0.2) is 36.5 Å². The zero-order chi connectivity index (χ0) is 24.9. The summed E-state index contributed by atoms with van der Waals surface area (Å²) in [6, 6.07) is 9.37. The van der Waals surface area contributed by atoms with Gasteiger partial charge in [-0.15, -0.1) is 0 Å². The van der Waals surface area contributed by atoms with Crippen molar-refractivity contribution in [2.24, 2.45) is 0 Å². The van der Waals surface area contributed by atoms with Gasteiger partial charge in [0.15, 0.2) is 0 Å². The van der Waals surface area contributed by atoms with Crippen LogP contribution in [0.4, 0.5) is 5.69 Å². The normalized spacial score (nSPS) is 16.1. The van der Waals surface area contributed by atoms with E-state index in [0.717, 1.165) is 11.1 Å². The number of anilines is 1. The Morgan fingerprint density at radius 2 is 2.00 bits per heavy atom. The Labute approximate surface area is 205 Å². The average Bonchev–Trinajstić information content (AvgIpc) is 2.80. The molecule has 2 amide bonds. The molecule has 3 rings (SSSR count). The Kier molecular flexibility index (Phi) is 8.65. The summed E-state index contributed by atoms with van der Waals surface area (Å²) in [5.74, 6) is -0.381. The molecule has 0 saturated carbocycles. The molecular formula is C25H33ClN4O4. The summed E-state index contributed by atoms with van der Waals surface area (Å²) in [5, 5.41) is 16.0. The molecule has 1 unspecified atom stereocenters. The summed E-state index contributed by atoms with van der Waals surface area (Å²) in [4.78, 5) is 32.3. The average molecular weight is 489 g/mol. The molecule has 0 radical (unpaired) electrons. The van der Waals surface area contributed by atoms with Crippen molar-refractivity contribution in [3.63, 3.8) is 0 Å². The molecule has 1 aliphatic heterocycles. The number of β-amino-alcohol motifs (C(OH)–C–C–N with tert-alkyl or cyclic N) is 1. The Morgan fingerprint density at radius 3 is 2.65 bits per heavy atom. The van der Waals surface area contributed by atoms with Crippen LogP contribution in [0.3, 0.4) is 0 Å². The van der Waals surface area contributed by atoms with Gasteiger partial charge in [-0.05, 0) is 30.0 Å². The second kappa shape index (κ2) is 11.3. The summed E-state index contributed by atoms with van der Waals surface area (Å²) >= 11 is 5.99. The molecule has 3 N–H and O–H groups in total. The van der Waals surface area contributed by atoms with E-state index in [-0.39, 0.29) is 35.1 Å². The lowest BCUT2D eigenvalue weighted by Gasteiger charge is -2.50. The fraction of sp³-hybridized carbons (Fsp3) is 0.480. The Balaban J connectivity index is 1.92. The fourth-order valence-corrected chi connectivity index (χ4v) is 4.58. The predicted molar refractivity (Wildman–Crippen MR) is 132 cm³/mol. The van der Waals surface area contributed by atoms with Gasteiger partial charge in [-0.2, -0.15) is 0 Å². The molecule has 1 aromatic carbocycles. The number of rotatable bonds is 10. The third-order valence-electron chi connectivity index (χ3n) is 6.09. The highest BCUT2D eigenvalue weighted by atomic mass is 35.5. The summed E-state index contributed by atoms with van der Waals surface area (Å²) in [5.41, 5.74) is 1.73. The number of hydrogen-bond acceptors (Lipinski definition) is 6. The quantitative estimate of drug-likeness (QED) is 0.444. The molecule has 2 heterocycles. The largest absolute Gasteiger partial charge is 0.389 e. The van der Waals surface area contributed by atoms with E-state index in [2.05, 4.69) is 29.5 Å². The summed E-state index contributed by atoms with van der Waals surface area (Å²) in [7, 11) is 1.51. The number of likely N-dealkylation sites (tertiary alicyclic amines) is 1. The maximum atomic E-state index is 13.8. The lowest BCUT2D eigenvalue weighted by molar-refractivity contribution is -0.129. The number of halogens is 1. The van der Waals surface area contributed by atoms with Crippen LogP contribution in [-0.2, 0) is 14.9 Å². The van der Waals surface area contributed by atoms with Crippen LogP contribution in [0.1, 0.15) is 48.2 Å². The third-order valence-corrected chi connectivity index (χ3v) is 6.30. The van der Waals surface area contributed by atoms with E-state index in [1.165, 1.54) is 19.3 Å². The number of amides is 2. The van der Waals surface area contributed by atoms with Crippen molar-refractivity contribution in [1.29, 1.82) is 0 Å². The highest BCUT2D eigenvalue weighted by Crippen LogP contribution is 2.40. The van der Waals surface area contributed by atoms with E-state index in [9.17, 15) is 14.7 Å². The zero-order valence-corrected chi connectivity index (χ0v) is 20.9. The van der Waals surface area contributed by atoms with Crippen LogP contribution in [0.25, 0.3) is 0 Å². The van der Waals surface area contributed by atoms with Gasteiger partial charge >= 0.3 is 0 Å². The van der Waals surface area contributed by atoms with Gasteiger partial charge in [0, 0.05) is 33.3 Å². The maximum Gasteiger partial charge on any atom is 0.253 e. The first-order chi connectivity index (χ1) is 16.2. The van der Waals surface area contributed by atoms with Crippen molar-refractivity contribution in [3.05, 3.63) is 58.4 Å². The smallest absolute Gasteiger partial charge is 0.253 e. The van der Waals surface area contributed by atoms with Gasteiger partial charge in [-0.3, -0.25) is 14.5 Å². The second-order valence-electron chi connectivity index (χ2n) is 8.89. The van der Waals surface area contributed by atoms with Crippen molar-refractivity contribution in [3.8, 4) is 0 Å². The predicted octanol–water partition coefficient (Wildman–Crippen LogP) is 2.81. The monoisotopic (exact) mass is 488 g/mol. The lowest BCUT2D eigenvalue weighted by Crippen LogP contribution is -2.66. The molecule has 1 atom stereocenters. The lowest BCUT2D eigenvalue weighted by atomic mass is 9.69. The molecule has 0 bridgehead atoms. The van der Waals surface area contributed by atoms with Crippen molar-refractivity contribution < 1.29 is 19.4 Å². The Hall–Kier alpha value is -2.52. The standard InChI is InChI=1S/C25H33ClN4O4/c1-5-34-13-17(31)12-30-14-25(15-30,20-9-7-6-8-18(20)16(2)3)24(33)29-21-11-28-22(26)10-19(21)23(32)27-4/h6-11,16-17,31H,5,12-15H2,1-4H3,(H,27,32)(H,29,33). The number of aliphatic hydroxyl groups is 1. The van der Waals surface area contributed by atoms with Gasteiger partial charge in [0.25, 0.3) is 5.91 Å². The molecule has 184 valence electrons. The van der Waals surface area contributed by atoms with Crippen LogP contribution in [0.5, 0.6) is 0 Å². The van der Waals surface area contributed by atoms with Gasteiger partial charge in [-0.1, -0.05) is 49.7 Å². The number of ether oxygens (including phenoxy) is 1. The first-order valence-corrected chi connectivity index (χ1v) is 11.9. The molecule has 1 aromatic heterocycles. The van der Waals surface area contributed by atoms with Gasteiger partial charge in [0.2, 0.25) is 5.91 Å². The molecular weight excluding hydrogens is 456 g/mol. The number of aromatic nitrogens is 1. The molecule has 0 spiro atoms. The van der Waals surface area contributed by atoms with E-state index in [1.807, 2.05) is 36.1 Å². The molecule has 1 fully saturated rings. The van der Waals surface area contributed by atoms with E-state index >= 15 is 0 Å². The first kappa shape index (κ1) is 26.1. The number of pyridine rings is 1. The summed E-state index contributed by atoms with van der Waals surface area (Å²) in [6.07, 6.45) is 0.761. The summed E-state index contributed by atoms with van der Waals surface area (Å²) < 4.78 is 5.32. The molecule has 1 aliphatic rings. The van der Waals surface area contributed by atoms with Crippen molar-refractivity contribution in [2.75, 3.05) is 45.2 Å². The van der Waals surface area contributed by atoms with Crippen LogP contribution >= 0.6 is 11.6 Å². The third kappa shape index (κ3) is 5.58. The molecule has 8 nitrogen and oxygen atoms in total. The highest BCUT2D eigenvalue weighted by molar-refractivity contribution is 6.30.